The summed E-state index contributed by atoms with van der Waals surface area (Å²) in [6.07, 6.45) is 0. The maximum Gasteiger partial charge on any atom is -0.00201 e. The second kappa shape index (κ2) is 9.93. The molecule has 0 unspecified atom stereocenters. The van der Waals surface area contributed by atoms with Crippen LogP contribution in [-0.4, -0.2) is 0 Å². The van der Waals surface area contributed by atoms with E-state index >= 15 is 0 Å². The minimum Gasteiger partial charge on any atom is -0.0622 e. The summed E-state index contributed by atoms with van der Waals surface area (Å²) in [5, 5.41) is 12.8. The Bertz CT molecular complexity index is 2470. The summed E-state index contributed by atoms with van der Waals surface area (Å²) in [5.41, 5.74) is 7.62. The van der Waals surface area contributed by atoms with Gasteiger partial charge in [-0.1, -0.05) is 158 Å². The Hall–Kier alpha value is -5.72. The van der Waals surface area contributed by atoms with Crippen LogP contribution in [0.1, 0.15) is 0 Å². The zero-order valence-corrected chi connectivity index (χ0v) is 24.2. The molecule has 0 fully saturated rings. The van der Waals surface area contributed by atoms with Crippen molar-refractivity contribution in [3.05, 3.63) is 170 Å². The molecule has 0 saturated carbocycles. The van der Waals surface area contributed by atoms with Crippen molar-refractivity contribution in [1.29, 1.82) is 0 Å². The maximum atomic E-state index is 2.38. The van der Waals surface area contributed by atoms with Crippen LogP contribution in [0.2, 0.25) is 0 Å². The van der Waals surface area contributed by atoms with Gasteiger partial charge in [-0.25, -0.2) is 0 Å². The van der Waals surface area contributed by atoms with E-state index in [9.17, 15) is 0 Å². The summed E-state index contributed by atoms with van der Waals surface area (Å²) in [4.78, 5) is 0. The third-order valence-electron chi connectivity index (χ3n) is 9.22. The molecule has 0 aromatic heterocycles. The highest BCUT2D eigenvalue weighted by Crippen LogP contribution is 2.45. The fourth-order valence-electron chi connectivity index (χ4n) is 7.21. The lowest BCUT2D eigenvalue weighted by molar-refractivity contribution is 1.65. The maximum absolute atomic E-state index is 2.38. The van der Waals surface area contributed by atoms with E-state index in [2.05, 4.69) is 170 Å². The number of hydrogen-bond donors (Lipinski definition) is 0. The highest BCUT2D eigenvalue weighted by Gasteiger charge is 2.18. The van der Waals surface area contributed by atoms with Crippen LogP contribution < -0.4 is 0 Å². The Kier molecular flexibility index (Phi) is 5.61. The van der Waals surface area contributed by atoms with Crippen molar-refractivity contribution < 1.29 is 0 Å². The van der Waals surface area contributed by atoms with Gasteiger partial charge in [-0.2, -0.15) is 0 Å². The van der Waals surface area contributed by atoms with Gasteiger partial charge in [0.05, 0.1) is 0 Å². The van der Waals surface area contributed by atoms with Crippen molar-refractivity contribution in [2.24, 2.45) is 0 Å². The molecular weight excluding hydrogens is 528 g/mol. The smallest absolute Gasteiger partial charge is 0.00201 e. The molecule has 0 atom stereocenters. The van der Waals surface area contributed by atoms with Gasteiger partial charge < -0.3 is 0 Å². The molecule has 0 aliphatic heterocycles. The Balaban J connectivity index is 1.29. The van der Waals surface area contributed by atoms with Crippen LogP contribution in [0.3, 0.4) is 0 Å². The first-order valence-corrected chi connectivity index (χ1v) is 15.3. The summed E-state index contributed by atoms with van der Waals surface area (Å²) in [6.45, 7) is 0. The van der Waals surface area contributed by atoms with Gasteiger partial charge in [-0.3, -0.25) is 0 Å². The molecule has 0 heterocycles. The van der Waals surface area contributed by atoms with Crippen LogP contribution in [0.25, 0.3) is 87.2 Å². The Morgan fingerprint density at radius 3 is 1.39 bits per heavy atom. The zero-order chi connectivity index (χ0) is 29.0. The largest absolute Gasteiger partial charge is 0.0622 e. The van der Waals surface area contributed by atoms with Crippen LogP contribution in [0.4, 0.5) is 0 Å². The van der Waals surface area contributed by atoms with Crippen molar-refractivity contribution >= 4 is 53.9 Å². The molecule has 9 aromatic carbocycles. The first kappa shape index (κ1) is 24.8. The van der Waals surface area contributed by atoms with Crippen molar-refractivity contribution in [1.82, 2.24) is 0 Å². The highest BCUT2D eigenvalue weighted by atomic mass is 14.2. The van der Waals surface area contributed by atoms with Gasteiger partial charge in [-0.15, -0.1) is 0 Å². The van der Waals surface area contributed by atoms with E-state index in [0.717, 1.165) is 0 Å². The number of hydrogen-bond acceptors (Lipinski definition) is 0. The van der Waals surface area contributed by atoms with Crippen molar-refractivity contribution in [2.45, 2.75) is 0 Å². The molecule has 9 rings (SSSR count). The van der Waals surface area contributed by atoms with Gasteiger partial charge in [-0.05, 0) is 99.4 Å². The van der Waals surface area contributed by atoms with E-state index in [1.807, 2.05) is 0 Å². The minimum atomic E-state index is 1.25. The quantitative estimate of drug-likeness (QED) is 0.150. The fraction of sp³-hybridized carbons (Fsp3) is 0. The molecule has 44 heavy (non-hydrogen) atoms. The van der Waals surface area contributed by atoms with Crippen LogP contribution in [0.15, 0.2) is 170 Å². The predicted octanol–water partition coefficient (Wildman–Crippen LogP) is 12.5. The molecule has 0 spiro atoms. The molecular formula is C44H28. The second-order valence-electron chi connectivity index (χ2n) is 11.7. The monoisotopic (exact) mass is 556 g/mol. The van der Waals surface area contributed by atoms with E-state index in [-0.39, 0.29) is 0 Å². The van der Waals surface area contributed by atoms with Gasteiger partial charge in [0.1, 0.15) is 0 Å². The summed E-state index contributed by atoms with van der Waals surface area (Å²) in [7, 11) is 0. The van der Waals surface area contributed by atoms with Gasteiger partial charge in [0.25, 0.3) is 0 Å². The Morgan fingerprint density at radius 1 is 0.227 bits per heavy atom. The Labute approximate surface area is 256 Å². The average molecular weight is 557 g/mol. The van der Waals surface area contributed by atoms with Crippen LogP contribution >= 0.6 is 0 Å². The van der Waals surface area contributed by atoms with Gasteiger partial charge in [0.2, 0.25) is 0 Å². The van der Waals surface area contributed by atoms with Gasteiger partial charge >= 0.3 is 0 Å². The third-order valence-corrected chi connectivity index (χ3v) is 9.22. The summed E-state index contributed by atoms with van der Waals surface area (Å²) >= 11 is 0. The molecule has 0 aliphatic carbocycles. The summed E-state index contributed by atoms with van der Waals surface area (Å²) in [5.74, 6) is 0. The molecule has 0 bridgehead atoms. The molecule has 0 nitrogen and oxygen atoms in total. The van der Waals surface area contributed by atoms with Gasteiger partial charge in [0, 0.05) is 0 Å². The normalized spacial score (nSPS) is 11.6. The second-order valence-corrected chi connectivity index (χ2v) is 11.7. The standard InChI is InChI=1S/C44H28/c1-2-11-29(12-3-1)31-23-25-36-32(27-31)21-22-33-28-34(24-26-37(33)36)43-39-16-6-8-18-41(39)44(42-19-9-7-17-40(42)43)38-20-10-14-30-13-4-5-15-35(30)38/h1-28H. The van der Waals surface area contributed by atoms with Gasteiger partial charge in [0.15, 0.2) is 0 Å². The van der Waals surface area contributed by atoms with Crippen LogP contribution in [0.5, 0.6) is 0 Å². The first-order chi connectivity index (χ1) is 21.8. The lowest BCUT2D eigenvalue weighted by atomic mass is 9.84. The molecule has 204 valence electrons. The van der Waals surface area contributed by atoms with Crippen molar-refractivity contribution in [3.8, 4) is 33.4 Å². The van der Waals surface area contributed by atoms with E-state index in [4.69, 9.17) is 0 Å². The highest BCUT2D eigenvalue weighted by molar-refractivity contribution is 6.24. The first-order valence-electron chi connectivity index (χ1n) is 15.3. The number of fused-ring (bicyclic) bond motifs is 6. The number of benzene rings is 9. The van der Waals surface area contributed by atoms with E-state index in [1.165, 1.54) is 87.2 Å². The van der Waals surface area contributed by atoms with Crippen LogP contribution in [0, 0.1) is 0 Å². The lowest BCUT2D eigenvalue weighted by Crippen LogP contribution is -1.91. The third kappa shape index (κ3) is 3.85. The van der Waals surface area contributed by atoms with Crippen molar-refractivity contribution in [3.63, 3.8) is 0 Å². The zero-order valence-electron chi connectivity index (χ0n) is 24.2. The summed E-state index contributed by atoms with van der Waals surface area (Å²) in [6, 6.07) is 62.3. The van der Waals surface area contributed by atoms with E-state index in [0.29, 0.717) is 0 Å². The molecule has 0 saturated heterocycles. The molecule has 0 radical (unpaired) electrons. The Morgan fingerprint density at radius 2 is 0.727 bits per heavy atom. The van der Waals surface area contributed by atoms with E-state index < -0.39 is 0 Å². The van der Waals surface area contributed by atoms with Crippen LogP contribution in [-0.2, 0) is 0 Å². The predicted molar refractivity (Wildman–Crippen MR) is 190 cm³/mol. The molecule has 0 heteroatoms. The minimum absolute atomic E-state index is 1.25. The topological polar surface area (TPSA) is 0 Å². The molecule has 9 aromatic rings. The van der Waals surface area contributed by atoms with Crippen molar-refractivity contribution in [2.75, 3.05) is 0 Å². The number of rotatable bonds is 3. The summed E-state index contributed by atoms with van der Waals surface area (Å²) < 4.78 is 0. The molecule has 0 amide bonds. The fourth-order valence-corrected chi connectivity index (χ4v) is 7.21. The average Bonchev–Trinajstić information content (AvgIpc) is 3.10. The molecule has 0 aliphatic rings. The SMILES string of the molecule is c1ccc(-c2ccc3c(ccc4cc(-c5c6ccccc6c(-c6cccc7ccccc67)c6ccccc56)ccc43)c2)cc1. The lowest BCUT2D eigenvalue weighted by Gasteiger charge is -2.19. The molecule has 0 N–H and O–H groups in total. The van der Waals surface area contributed by atoms with E-state index in [1.54, 1.807) is 0 Å².